The summed E-state index contributed by atoms with van der Waals surface area (Å²) in [5.74, 6) is 1.15. The lowest BCUT2D eigenvalue weighted by atomic mass is 9.88. The number of halogens is 1. The second-order valence-corrected chi connectivity index (χ2v) is 5.60. The predicted octanol–water partition coefficient (Wildman–Crippen LogP) is 2.50. The first-order valence-corrected chi connectivity index (χ1v) is 6.09. The van der Waals surface area contributed by atoms with Gasteiger partial charge < -0.3 is 0 Å². The highest BCUT2D eigenvalue weighted by molar-refractivity contribution is 9.09. The van der Waals surface area contributed by atoms with E-state index in [1.54, 1.807) is 6.33 Å². The predicted molar refractivity (Wildman–Crippen MR) is 59.6 cm³/mol. The smallest absolute Gasteiger partial charge is 0.138 e. The Balaban J connectivity index is 2.30. The summed E-state index contributed by atoms with van der Waals surface area (Å²) in [5.41, 5.74) is 0.223. The molecule has 0 radical (unpaired) electrons. The number of hydrogen-bond donors (Lipinski definition) is 0. The molecular weight excluding hydrogens is 242 g/mol. The molecule has 1 saturated carbocycles. The highest BCUT2D eigenvalue weighted by Gasteiger charge is 2.38. The summed E-state index contributed by atoms with van der Waals surface area (Å²) in [6.07, 6.45) is 5.30. The number of rotatable bonds is 2. The van der Waals surface area contributed by atoms with Crippen molar-refractivity contribution in [2.75, 3.05) is 0 Å². The summed E-state index contributed by atoms with van der Waals surface area (Å²) >= 11 is 3.69. The van der Waals surface area contributed by atoms with Crippen LogP contribution in [0.1, 0.15) is 38.9 Å². The van der Waals surface area contributed by atoms with E-state index in [1.807, 2.05) is 4.68 Å². The topological polar surface area (TPSA) is 30.7 Å². The van der Waals surface area contributed by atoms with E-state index in [4.69, 9.17) is 0 Å². The second-order valence-electron chi connectivity index (χ2n) is 4.30. The van der Waals surface area contributed by atoms with Crippen molar-refractivity contribution in [2.45, 2.75) is 49.9 Å². The van der Waals surface area contributed by atoms with E-state index in [0.29, 0.717) is 4.83 Å². The van der Waals surface area contributed by atoms with E-state index in [0.717, 1.165) is 12.4 Å². The van der Waals surface area contributed by atoms with Crippen LogP contribution in [0.5, 0.6) is 0 Å². The van der Waals surface area contributed by atoms with Gasteiger partial charge in [-0.2, -0.15) is 5.10 Å². The number of nitrogens with zero attached hydrogens (tertiary/aromatic N) is 3. The Kier molecular flexibility index (Phi) is 2.64. The van der Waals surface area contributed by atoms with Crippen LogP contribution in [0.15, 0.2) is 6.33 Å². The molecule has 0 amide bonds. The Morgan fingerprint density at radius 3 is 3.07 bits per heavy atom. The lowest BCUT2D eigenvalue weighted by Crippen LogP contribution is -2.24. The summed E-state index contributed by atoms with van der Waals surface area (Å²) in [6.45, 7) is 5.32. The van der Waals surface area contributed by atoms with Crippen LogP contribution in [0.25, 0.3) is 0 Å². The van der Waals surface area contributed by atoms with Crippen LogP contribution in [-0.4, -0.2) is 19.6 Å². The van der Waals surface area contributed by atoms with Gasteiger partial charge >= 0.3 is 0 Å². The summed E-state index contributed by atoms with van der Waals surface area (Å²) < 4.78 is 2.02. The maximum atomic E-state index is 4.41. The van der Waals surface area contributed by atoms with Gasteiger partial charge in [0.05, 0.1) is 0 Å². The molecule has 0 bridgehead atoms. The van der Waals surface area contributed by atoms with Crippen molar-refractivity contribution in [2.24, 2.45) is 0 Å². The second kappa shape index (κ2) is 3.65. The third kappa shape index (κ3) is 1.60. The number of aromatic nitrogens is 3. The first-order valence-electron chi connectivity index (χ1n) is 5.18. The Morgan fingerprint density at radius 1 is 1.71 bits per heavy atom. The summed E-state index contributed by atoms with van der Waals surface area (Å²) in [5, 5.41) is 4.24. The highest BCUT2D eigenvalue weighted by atomic mass is 79.9. The number of hydrogen-bond acceptors (Lipinski definition) is 2. The molecule has 0 saturated heterocycles. The van der Waals surface area contributed by atoms with Gasteiger partial charge in [-0.15, -0.1) is 0 Å². The van der Waals surface area contributed by atoms with Gasteiger partial charge in [-0.25, -0.2) is 9.67 Å². The molecule has 0 N–H and O–H groups in total. The molecule has 1 aliphatic carbocycles. The third-order valence-electron chi connectivity index (χ3n) is 3.14. The van der Waals surface area contributed by atoms with Gasteiger partial charge in [-0.05, 0) is 26.2 Å². The molecule has 14 heavy (non-hydrogen) atoms. The molecule has 0 aliphatic heterocycles. The maximum absolute atomic E-state index is 4.41. The summed E-state index contributed by atoms with van der Waals surface area (Å²) in [7, 11) is 0. The fourth-order valence-electron chi connectivity index (χ4n) is 2.33. The number of alkyl halides is 1. The van der Waals surface area contributed by atoms with Crippen molar-refractivity contribution >= 4 is 15.9 Å². The van der Waals surface area contributed by atoms with Crippen molar-refractivity contribution in [3.63, 3.8) is 0 Å². The van der Waals surface area contributed by atoms with Gasteiger partial charge in [0.1, 0.15) is 12.2 Å². The first kappa shape index (κ1) is 10.1. The molecule has 0 spiro atoms. The quantitative estimate of drug-likeness (QED) is 0.763. The molecule has 1 aliphatic rings. The van der Waals surface area contributed by atoms with Gasteiger partial charge in [0, 0.05) is 16.8 Å². The van der Waals surface area contributed by atoms with Gasteiger partial charge in [-0.1, -0.05) is 22.9 Å². The first-order chi connectivity index (χ1) is 6.65. The normalized spacial score (nSPS) is 32.4. The standard InChI is InChI=1S/C10H16BrN3/c1-3-14-9(12-7-13-14)10(2)5-4-8(11)6-10/h7-8H,3-6H2,1-2H3. The minimum Gasteiger partial charge on any atom is -0.250 e. The minimum atomic E-state index is 0.223. The summed E-state index contributed by atoms with van der Waals surface area (Å²) in [4.78, 5) is 5.05. The fourth-order valence-corrected chi connectivity index (χ4v) is 3.28. The minimum absolute atomic E-state index is 0.223. The van der Waals surface area contributed by atoms with E-state index in [2.05, 4.69) is 39.9 Å². The van der Waals surface area contributed by atoms with Crippen molar-refractivity contribution < 1.29 is 0 Å². The van der Waals surface area contributed by atoms with Crippen LogP contribution in [-0.2, 0) is 12.0 Å². The zero-order valence-corrected chi connectivity index (χ0v) is 10.3. The molecule has 0 aromatic carbocycles. The van der Waals surface area contributed by atoms with Crippen molar-refractivity contribution in [1.82, 2.24) is 14.8 Å². The Morgan fingerprint density at radius 2 is 2.50 bits per heavy atom. The number of aryl methyl sites for hydroxylation is 1. The van der Waals surface area contributed by atoms with E-state index >= 15 is 0 Å². The molecule has 2 rings (SSSR count). The van der Waals surface area contributed by atoms with Crippen LogP contribution < -0.4 is 0 Å². The van der Waals surface area contributed by atoms with Gasteiger partial charge in [0.25, 0.3) is 0 Å². The van der Waals surface area contributed by atoms with Gasteiger partial charge in [0.2, 0.25) is 0 Å². The SMILES string of the molecule is CCn1ncnc1C1(C)CCC(Br)C1. The van der Waals surface area contributed by atoms with Crippen LogP contribution in [0, 0.1) is 0 Å². The zero-order valence-electron chi connectivity index (χ0n) is 8.70. The van der Waals surface area contributed by atoms with Gasteiger partial charge in [0.15, 0.2) is 0 Å². The van der Waals surface area contributed by atoms with Crippen LogP contribution in [0.3, 0.4) is 0 Å². The zero-order chi connectivity index (χ0) is 10.2. The van der Waals surface area contributed by atoms with E-state index in [1.165, 1.54) is 19.3 Å². The Labute approximate surface area is 93.0 Å². The van der Waals surface area contributed by atoms with Crippen molar-refractivity contribution in [3.05, 3.63) is 12.2 Å². The highest BCUT2D eigenvalue weighted by Crippen LogP contribution is 2.42. The average Bonchev–Trinajstić information content (AvgIpc) is 2.73. The van der Waals surface area contributed by atoms with E-state index in [-0.39, 0.29) is 5.41 Å². The van der Waals surface area contributed by atoms with Crippen molar-refractivity contribution in [1.29, 1.82) is 0 Å². The molecular formula is C10H16BrN3. The lowest BCUT2D eigenvalue weighted by molar-refractivity contribution is 0.423. The fraction of sp³-hybridized carbons (Fsp3) is 0.800. The monoisotopic (exact) mass is 257 g/mol. The largest absolute Gasteiger partial charge is 0.250 e. The van der Waals surface area contributed by atoms with Crippen LogP contribution >= 0.6 is 15.9 Å². The molecule has 1 aromatic heterocycles. The third-order valence-corrected chi connectivity index (χ3v) is 3.92. The summed E-state index contributed by atoms with van der Waals surface area (Å²) in [6, 6.07) is 0. The molecule has 4 heteroatoms. The van der Waals surface area contributed by atoms with Gasteiger partial charge in [-0.3, -0.25) is 0 Å². The molecule has 1 heterocycles. The molecule has 2 atom stereocenters. The average molecular weight is 258 g/mol. The van der Waals surface area contributed by atoms with Crippen LogP contribution in [0.4, 0.5) is 0 Å². The lowest BCUT2D eigenvalue weighted by Gasteiger charge is -2.22. The van der Waals surface area contributed by atoms with Crippen molar-refractivity contribution in [3.8, 4) is 0 Å². The van der Waals surface area contributed by atoms with Crippen LogP contribution in [0.2, 0.25) is 0 Å². The maximum Gasteiger partial charge on any atom is 0.138 e. The van der Waals surface area contributed by atoms with E-state index < -0.39 is 0 Å². The molecule has 1 aromatic rings. The molecule has 78 valence electrons. The molecule has 2 unspecified atom stereocenters. The molecule has 3 nitrogen and oxygen atoms in total. The molecule has 1 fully saturated rings. The van der Waals surface area contributed by atoms with E-state index in [9.17, 15) is 0 Å². The Hall–Kier alpha value is -0.380. The Bertz CT molecular complexity index is 323.